The number of carbonyl (C=O) groups excluding carboxylic acids is 4. The number of phosphoric ester groups is 2. The summed E-state index contributed by atoms with van der Waals surface area (Å²) >= 11 is 0. The maximum atomic E-state index is 13.0. The van der Waals surface area contributed by atoms with E-state index in [0.29, 0.717) is 25.7 Å². The number of ether oxygens (including phenoxy) is 4. The van der Waals surface area contributed by atoms with Crippen molar-refractivity contribution in [2.75, 3.05) is 39.6 Å². The van der Waals surface area contributed by atoms with E-state index < -0.39 is 97.5 Å². The topological polar surface area (TPSA) is 237 Å². The van der Waals surface area contributed by atoms with E-state index in [9.17, 15) is 43.2 Å². The molecule has 0 bridgehead atoms. The minimum absolute atomic E-state index is 0.106. The third-order valence-electron chi connectivity index (χ3n) is 15.3. The second-order valence-electron chi connectivity index (χ2n) is 24.3. The number of carbonyl (C=O) groups is 4. The Bertz CT molecular complexity index is 1650. The van der Waals surface area contributed by atoms with Crippen LogP contribution < -0.4 is 0 Å². The summed E-state index contributed by atoms with van der Waals surface area (Å²) in [6, 6.07) is 0. The lowest BCUT2D eigenvalue weighted by Crippen LogP contribution is -2.30. The summed E-state index contributed by atoms with van der Waals surface area (Å²) in [4.78, 5) is 72.2. The normalized spacial score (nSPS) is 14.2. The van der Waals surface area contributed by atoms with Crippen LogP contribution in [0.1, 0.15) is 336 Å². The Morgan fingerprint density at radius 3 is 0.800 bits per heavy atom. The van der Waals surface area contributed by atoms with Crippen LogP contribution in [0, 0.1) is 5.92 Å². The van der Waals surface area contributed by atoms with Gasteiger partial charge in [-0.3, -0.25) is 37.3 Å². The molecule has 3 N–H and O–H groups in total. The van der Waals surface area contributed by atoms with E-state index >= 15 is 0 Å². The Balaban J connectivity index is 5.21. The molecule has 0 saturated carbocycles. The molecule has 0 aromatic carbocycles. The highest BCUT2D eigenvalue weighted by Crippen LogP contribution is 2.45. The molecule has 0 aliphatic heterocycles. The molecule has 19 heteroatoms. The number of esters is 4. The van der Waals surface area contributed by atoms with Crippen LogP contribution in [-0.2, 0) is 65.4 Å². The monoisotopic (exact) mass is 1250 g/mol. The van der Waals surface area contributed by atoms with Gasteiger partial charge in [-0.25, -0.2) is 9.13 Å². The SMILES string of the molecule is CCCCCCCCCCCCCCCCC(=O)OC[C@H](COP(=O)(O)OC[C@@H](O)COP(=O)(O)OC[C@@H](COC(=O)CCCCCCCCCC)OC(=O)CCCCCCCCCCC)OC(=O)CCCCCCCCCCCCCC(C)C. The minimum Gasteiger partial charge on any atom is -0.462 e. The quantitative estimate of drug-likeness (QED) is 0.0222. The predicted molar refractivity (Wildman–Crippen MR) is 340 cm³/mol. The Hall–Kier alpha value is -1.94. The predicted octanol–water partition coefficient (Wildman–Crippen LogP) is 18.6. The summed E-state index contributed by atoms with van der Waals surface area (Å²) in [5, 5.41) is 10.5. The second kappa shape index (κ2) is 59.7. The van der Waals surface area contributed by atoms with E-state index in [1.807, 2.05) is 0 Å². The highest BCUT2D eigenvalue weighted by Gasteiger charge is 2.30. The zero-order chi connectivity index (χ0) is 62.8. The average molecular weight is 1260 g/mol. The van der Waals surface area contributed by atoms with Gasteiger partial charge >= 0.3 is 39.5 Å². The summed E-state index contributed by atoms with van der Waals surface area (Å²) < 4.78 is 68.0. The molecule has 0 fully saturated rings. The minimum atomic E-state index is -4.95. The fourth-order valence-electron chi connectivity index (χ4n) is 9.94. The van der Waals surface area contributed by atoms with Gasteiger partial charge in [0.2, 0.25) is 0 Å². The van der Waals surface area contributed by atoms with E-state index in [1.165, 1.54) is 154 Å². The molecule has 85 heavy (non-hydrogen) atoms. The molecule has 17 nitrogen and oxygen atoms in total. The first-order valence-electron chi connectivity index (χ1n) is 34.6. The van der Waals surface area contributed by atoms with Gasteiger partial charge in [-0.05, 0) is 31.6 Å². The molecule has 0 heterocycles. The van der Waals surface area contributed by atoms with Gasteiger partial charge < -0.3 is 33.8 Å². The van der Waals surface area contributed by atoms with Crippen LogP contribution >= 0.6 is 15.6 Å². The van der Waals surface area contributed by atoms with Crippen molar-refractivity contribution in [1.82, 2.24) is 0 Å². The summed E-state index contributed by atoms with van der Waals surface area (Å²) in [6.07, 6.45) is 44.4. The molecule has 0 rings (SSSR count). The van der Waals surface area contributed by atoms with E-state index in [-0.39, 0.29) is 25.7 Å². The van der Waals surface area contributed by atoms with Crippen molar-refractivity contribution in [3.8, 4) is 0 Å². The Labute approximate surface area is 517 Å². The van der Waals surface area contributed by atoms with Crippen molar-refractivity contribution in [3.05, 3.63) is 0 Å². The lowest BCUT2D eigenvalue weighted by Gasteiger charge is -2.21. The van der Waals surface area contributed by atoms with Crippen LogP contribution in [-0.4, -0.2) is 96.7 Å². The Morgan fingerprint density at radius 2 is 0.541 bits per heavy atom. The number of aliphatic hydroxyl groups excluding tert-OH is 1. The molecule has 0 aromatic heterocycles. The molecule has 0 radical (unpaired) electrons. The van der Waals surface area contributed by atoms with Gasteiger partial charge in [0.1, 0.15) is 19.3 Å². The number of unbranched alkanes of at least 4 members (excludes halogenated alkanes) is 38. The first-order valence-corrected chi connectivity index (χ1v) is 37.6. The molecular weight excluding hydrogens is 1130 g/mol. The Kier molecular flexibility index (Phi) is 58.3. The van der Waals surface area contributed by atoms with E-state index in [0.717, 1.165) is 102 Å². The molecule has 0 aliphatic carbocycles. The van der Waals surface area contributed by atoms with Crippen LogP contribution in [0.4, 0.5) is 0 Å². The lowest BCUT2D eigenvalue weighted by atomic mass is 10.0. The fourth-order valence-corrected chi connectivity index (χ4v) is 11.5. The smallest absolute Gasteiger partial charge is 0.462 e. The number of phosphoric acid groups is 2. The first kappa shape index (κ1) is 83.1. The molecule has 5 atom stereocenters. The summed E-state index contributed by atoms with van der Waals surface area (Å²) in [5.74, 6) is -1.37. The summed E-state index contributed by atoms with van der Waals surface area (Å²) in [7, 11) is -9.88. The van der Waals surface area contributed by atoms with Gasteiger partial charge in [0, 0.05) is 25.7 Å². The maximum Gasteiger partial charge on any atom is 0.472 e. The summed E-state index contributed by atoms with van der Waals surface area (Å²) in [6.45, 7) is 7.18. The first-order chi connectivity index (χ1) is 41.0. The molecule has 0 spiro atoms. The molecule has 0 amide bonds. The van der Waals surface area contributed by atoms with E-state index in [4.69, 9.17) is 37.0 Å². The third kappa shape index (κ3) is 60.7. The average Bonchev–Trinajstić information content (AvgIpc) is 3.65. The van der Waals surface area contributed by atoms with Gasteiger partial charge in [-0.1, -0.05) is 285 Å². The van der Waals surface area contributed by atoms with Crippen LogP contribution in [0.5, 0.6) is 0 Å². The fraction of sp³-hybridized carbons (Fsp3) is 0.939. The summed E-state index contributed by atoms with van der Waals surface area (Å²) in [5.41, 5.74) is 0. The Morgan fingerprint density at radius 1 is 0.318 bits per heavy atom. The number of rotatable bonds is 66. The molecule has 504 valence electrons. The van der Waals surface area contributed by atoms with Crippen LogP contribution in [0.2, 0.25) is 0 Å². The van der Waals surface area contributed by atoms with Crippen LogP contribution in [0.3, 0.4) is 0 Å². The lowest BCUT2D eigenvalue weighted by molar-refractivity contribution is -0.161. The number of hydrogen-bond donors (Lipinski definition) is 3. The largest absolute Gasteiger partial charge is 0.472 e. The molecule has 0 saturated heterocycles. The highest BCUT2D eigenvalue weighted by atomic mass is 31.2. The molecular formula is C66H128O17P2. The third-order valence-corrected chi connectivity index (χ3v) is 17.2. The number of aliphatic hydroxyl groups is 1. The molecule has 0 aromatic rings. The van der Waals surface area contributed by atoms with Crippen molar-refractivity contribution in [3.63, 3.8) is 0 Å². The van der Waals surface area contributed by atoms with Crippen molar-refractivity contribution in [2.24, 2.45) is 5.92 Å². The zero-order valence-corrected chi connectivity index (χ0v) is 56.5. The van der Waals surface area contributed by atoms with Crippen molar-refractivity contribution < 1.29 is 80.2 Å². The van der Waals surface area contributed by atoms with Gasteiger partial charge in [0.05, 0.1) is 26.4 Å². The van der Waals surface area contributed by atoms with Crippen LogP contribution in [0.25, 0.3) is 0 Å². The van der Waals surface area contributed by atoms with Crippen LogP contribution in [0.15, 0.2) is 0 Å². The standard InChI is InChI=1S/C66H128O17P2/c1-6-9-12-15-18-21-22-23-24-27-31-35-40-45-50-64(69)77-56-62(83-66(71)52-47-42-37-32-28-25-26-30-33-38-43-48-59(4)5)58-81-85(74,75)79-54-60(67)53-78-84(72,73)80-57-61(55-76-63(68)49-44-39-34-20-17-14-11-8-3)82-65(70)51-46-41-36-29-19-16-13-10-7-2/h59-62,67H,6-58H2,1-5H3,(H,72,73)(H,74,75)/t60-,61+,62+/m0/s1. The molecule has 2 unspecified atom stereocenters. The van der Waals surface area contributed by atoms with Crippen molar-refractivity contribution in [2.45, 2.75) is 355 Å². The number of hydrogen-bond acceptors (Lipinski definition) is 15. The second-order valence-corrected chi connectivity index (χ2v) is 27.2. The van der Waals surface area contributed by atoms with Gasteiger partial charge in [-0.2, -0.15) is 0 Å². The van der Waals surface area contributed by atoms with Gasteiger partial charge in [0.25, 0.3) is 0 Å². The maximum absolute atomic E-state index is 13.0. The molecule has 0 aliphatic rings. The highest BCUT2D eigenvalue weighted by molar-refractivity contribution is 7.47. The van der Waals surface area contributed by atoms with E-state index in [2.05, 4.69) is 34.6 Å². The van der Waals surface area contributed by atoms with Gasteiger partial charge in [-0.15, -0.1) is 0 Å². The van der Waals surface area contributed by atoms with E-state index in [1.54, 1.807) is 0 Å². The zero-order valence-electron chi connectivity index (χ0n) is 54.7. The van der Waals surface area contributed by atoms with Gasteiger partial charge in [0.15, 0.2) is 12.2 Å². The van der Waals surface area contributed by atoms with Crippen molar-refractivity contribution >= 4 is 39.5 Å². The van der Waals surface area contributed by atoms with Crippen molar-refractivity contribution in [1.29, 1.82) is 0 Å².